The van der Waals surface area contributed by atoms with Gasteiger partial charge in [-0.1, -0.05) is 29.3 Å². The van der Waals surface area contributed by atoms with Crippen LogP contribution in [0.2, 0.25) is 10.0 Å². The molecule has 122 valence electrons. The summed E-state index contributed by atoms with van der Waals surface area (Å²) in [6, 6.07) is 8.70. The zero-order valence-corrected chi connectivity index (χ0v) is 14.4. The SMILES string of the molecule is C[C@@H]1CN(C(=O)c2ccc(-c3cccc(Cl)c3Cl)o2)C[C@H](C)O1. The number of amides is 1. The van der Waals surface area contributed by atoms with E-state index in [0.717, 1.165) is 0 Å². The minimum absolute atomic E-state index is 0.0134. The van der Waals surface area contributed by atoms with E-state index in [0.29, 0.717) is 34.5 Å². The standard InChI is InChI=1S/C17H17Cl2NO3/c1-10-8-20(9-11(2)22-10)17(21)15-7-6-14(23-15)12-4-3-5-13(18)16(12)19/h3-7,10-11H,8-9H2,1-2H3/t10-,11+. The second-order valence-corrected chi connectivity index (χ2v) is 6.52. The highest BCUT2D eigenvalue weighted by Gasteiger charge is 2.28. The molecule has 1 amide bonds. The van der Waals surface area contributed by atoms with E-state index in [1.165, 1.54) is 0 Å². The van der Waals surface area contributed by atoms with Crippen LogP contribution in [0.4, 0.5) is 0 Å². The highest BCUT2D eigenvalue weighted by molar-refractivity contribution is 6.43. The van der Waals surface area contributed by atoms with Crippen LogP contribution < -0.4 is 0 Å². The van der Waals surface area contributed by atoms with E-state index in [1.54, 1.807) is 35.2 Å². The number of hydrogen-bond donors (Lipinski definition) is 0. The topological polar surface area (TPSA) is 42.7 Å². The molecule has 1 aliphatic heterocycles. The summed E-state index contributed by atoms with van der Waals surface area (Å²) >= 11 is 12.2. The molecule has 2 heterocycles. The molecule has 4 nitrogen and oxygen atoms in total. The number of carbonyl (C=O) groups excluding carboxylic acids is 1. The zero-order valence-electron chi connectivity index (χ0n) is 12.9. The van der Waals surface area contributed by atoms with Crippen molar-refractivity contribution in [1.29, 1.82) is 0 Å². The zero-order chi connectivity index (χ0) is 16.6. The third-order valence-electron chi connectivity index (χ3n) is 3.74. The van der Waals surface area contributed by atoms with E-state index in [-0.39, 0.29) is 23.9 Å². The van der Waals surface area contributed by atoms with Gasteiger partial charge in [0.1, 0.15) is 5.76 Å². The summed E-state index contributed by atoms with van der Waals surface area (Å²) in [6.07, 6.45) is 0.0269. The van der Waals surface area contributed by atoms with Crippen molar-refractivity contribution in [3.05, 3.63) is 46.1 Å². The molecular formula is C17H17Cl2NO3. The lowest BCUT2D eigenvalue weighted by Gasteiger charge is -2.34. The second-order valence-electron chi connectivity index (χ2n) is 5.73. The molecule has 0 spiro atoms. The second kappa shape index (κ2) is 6.56. The average Bonchev–Trinajstić information content (AvgIpc) is 2.98. The predicted octanol–water partition coefficient (Wildman–Crippen LogP) is 4.50. The molecule has 6 heteroatoms. The normalized spacial score (nSPS) is 21.5. The highest BCUT2D eigenvalue weighted by Crippen LogP contribution is 2.34. The van der Waals surface area contributed by atoms with Gasteiger partial charge in [0.15, 0.2) is 5.76 Å². The Morgan fingerprint density at radius 3 is 2.52 bits per heavy atom. The van der Waals surface area contributed by atoms with Crippen LogP contribution in [-0.4, -0.2) is 36.1 Å². The van der Waals surface area contributed by atoms with E-state index >= 15 is 0 Å². The number of morpholine rings is 1. The Kier molecular flexibility index (Phi) is 4.67. The maximum absolute atomic E-state index is 12.6. The van der Waals surface area contributed by atoms with Crippen LogP contribution in [0.1, 0.15) is 24.4 Å². The number of rotatable bonds is 2. The fourth-order valence-corrected chi connectivity index (χ4v) is 3.18. The Balaban J connectivity index is 1.84. The Hall–Kier alpha value is -1.49. The summed E-state index contributed by atoms with van der Waals surface area (Å²) in [4.78, 5) is 14.4. The lowest BCUT2D eigenvalue weighted by molar-refractivity contribution is -0.0592. The molecule has 3 rings (SSSR count). The van der Waals surface area contributed by atoms with Gasteiger partial charge in [-0.15, -0.1) is 0 Å². The lowest BCUT2D eigenvalue weighted by atomic mass is 10.2. The molecule has 2 aromatic rings. The summed E-state index contributed by atoms with van der Waals surface area (Å²) in [5.41, 5.74) is 0.668. The molecule has 23 heavy (non-hydrogen) atoms. The van der Waals surface area contributed by atoms with Gasteiger partial charge in [0.25, 0.3) is 5.91 Å². The number of ether oxygens (including phenoxy) is 1. The Morgan fingerprint density at radius 2 is 1.83 bits per heavy atom. The predicted molar refractivity (Wildman–Crippen MR) is 90.1 cm³/mol. The van der Waals surface area contributed by atoms with Gasteiger partial charge in [0.2, 0.25) is 0 Å². The van der Waals surface area contributed by atoms with Crippen LogP contribution in [0.3, 0.4) is 0 Å². The highest BCUT2D eigenvalue weighted by atomic mass is 35.5. The van der Waals surface area contributed by atoms with Gasteiger partial charge in [-0.05, 0) is 38.1 Å². The first-order valence-corrected chi connectivity index (χ1v) is 8.20. The van der Waals surface area contributed by atoms with Crippen molar-refractivity contribution < 1.29 is 13.9 Å². The van der Waals surface area contributed by atoms with E-state index < -0.39 is 0 Å². The Bertz CT molecular complexity index is 718. The van der Waals surface area contributed by atoms with E-state index in [4.69, 9.17) is 32.4 Å². The molecule has 1 saturated heterocycles. The largest absolute Gasteiger partial charge is 0.451 e. The first kappa shape index (κ1) is 16.4. The quantitative estimate of drug-likeness (QED) is 0.797. The number of benzene rings is 1. The summed E-state index contributed by atoms with van der Waals surface area (Å²) in [6.45, 7) is 5.01. The van der Waals surface area contributed by atoms with Crippen molar-refractivity contribution in [3.8, 4) is 11.3 Å². The van der Waals surface area contributed by atoms with Crippen molar-refractivity contribution in [2.45, 2.75) is 26.1 Å². The fourth-order valence-electron chi connectivity index (χ4n) is 2.79. The average molecular weight is 354 g/mol. The number of carbonyl (C=O) groups is 1. The molecule has 0 aliphatic carbocycles. The number of hydrogen-bond acceptors (Lipinski definition) is 3. The molecule has 1 aliphatic rings. The van der Waals surface area contributed by atoms with Crippen LogP contribution in [0.15, 0.2) is 34.7 Å². The maximum Gasteiger partial charge on any atom is 0.289 e. The third kappa shape index (κ3) is 3.39. The van der Waals surface area contributed by atoms with Crippen molar-refractivity contribution in [2.24, 2.45) is 0 Å². The fraction of sp³-hybridized carbons (Fsp3) is 0.353. The monoisotopic (exact) mass is 353 g/mol. The molecule has 1 aromatic heterocycles. The van der Waals surface area contributed by atoms with Crippen molar-refractivity contribution in [1.82, 2.24) is 4.90 Å². The molecule has 2 atom stereocenters. The van der Waals surface area contributed by atoms with Crippen molar-refractivity contribution in [2.75, 3.05) is 13.1 Å². The first-order valence-electron chi connectivity index (χ1n) is 7.44. The lowest BCUT2D eigenvalue weighted by Crippen LogP contribution is -2.48. The number of furan rings is 1. The molecule has 0 unspecified atom stereocenters. The van der Waals surface area contributed by atoms with Gasteiger partial charge in [-0.3, -0.25) is 4.79 Å². The molecule has 0 radical (unpaired) electrons. The van der Waals surface area contributed by atoms with E-state index in [9.17, 15) is 4.79 Å². The van der Waals surface area contributed by atoms with Gasteiger partial charge in [-0.2, -0.15) is 0 Å². The third-order valence-corrected chi connectivity index (χ3v) is 4.56. The van der Waals surface area contributed by atoms with Gasteiger partial charge in [0.05, 0.1) is 22.3 Å². The molecular weight excluding hydrogens is 337 g/mol. The minimum Gasteiger partial charge on any atom is -0.451 e. The molecule has 0 bridgehead atoms. The summed E-state index contributed by atoms with van der Waals surface area (Å²) < 4.78 is 11.4. The van der Waals surface area contributed by atoms with Crippen molar-refractivity contribution in [3.63, 3.8) is 0 Å². The summed E-state index contributed by atoms with van der Waals surface area (Å²) in [5, 5.41) is 0.861. The van der Waals surface area contributed by atoms with Crippen LogP contribution in [0.25, 0.3) is 11.3 Å². The first-order chi connectivity index (χ1) is 11.0. The van der Waals surface area contributed by atoms with Gasteiger partial charge in [0, 0.05) is 18.7 Å². The molecule has 1 aromatic carbocycles. The van der Waals surface area contributed by atoms with E-state index in [1.807, 2.05) is 13.8 Å². The minimum atomic E-state index is -0.142. The smallest absolute Gasteiger partial charge is 0.289 e. The summed E-state index contributed by atoms with van der Waals surface area (Å²) in [5.74, 6) is 0.670. The van der Waals surface area contributed by atoms with Crippen LogP contribution in [-0.2, 0) is 4.74 Å². The molecule has 0 N–H and O–H groups in total. The van der Waals surface area contributed by atoms with Gasteiger partial charge in [-0.25, -0.2) is 0 Å². The molecule has 0 saturated carbocycles. The van der Waals surface area contributed by atoms with Gasteiger partial charge >= 0.3 is 0 Å². The number of nitrogens with zero attached hydrogens (tertiary/aromatic N) is 1. The van der Waals surface area contributed by atoms with Crippen LogP contribution in [0, 0.1) is 0 Å². The Morgan fingerprint density at radius 1 is 1.13 bits per heavy atom. The van der Waals surface area contributed by atoms with E-state index in [2.05, 4.69) is 0 Å². The Labute approximate surface area is 144 Å². The van der Waals surface area contributed by atoms with Crippen LogP contribution >= 0.6 is 23.2 Å². The van der Waals surface area contributed by atoms with Gasteiger partial charge < -0.3 is 14.1 Å². The number of halogens is 2. The molecule has 1 fully saturated rings. The maximum atomic E-state index is 12.6. The summed E-state index contributed by atoms with van der Waals surface area (Å²) in [7, 11) is 0. The van der Waals surface area contributed by atoms with Crippen molar-refractivity contribution >= 4 is 29.1 Å². The van der Waals surface area contributed by atoms with Crippen LogP contribution in [0.5, 0.6) is 0 Å².